The van der Waals surface area contributed by atoms with Crippen LogP contribution in [0.3, 0.4) is 0 Å². The van der Waals surface area contributed by atoms with Gasteiger partial charge in [0, 0.05) is 13.1 Å². The second kappa shape index (κ2) is 6.87. The number of pyridine rings is 1. The Hall–Kier alpha value is -0.740. The molecule has 0 aliphatic carbocycles. The summed E-state index contributed by atoms with van der Waals surface area (Å²) in [5.74, 6) is 1.17. The number of nitrogens with zero attached hydrogens (tertiary/aromatic N) is 2. The number of hydrogen-bond acceptors (Lipinski definition) is 4. The van der Waals surface area contributed by atoms with Crippen LogP contribution in [0.2, 0.25) is 0 Å². The maximum atomic E-state index is 9.40. The zero-order chi connectivity index (χ0) is 12.8. The molecule has 0 radical (unpaired) electrons. The molecule has 0 bridgehead atoms. The van der Waals surface area contributed by atoms with Crippen molar-refractivity contribution in [3.8, 4) is 0 Å². The van der Waals surface area contributed by atoms with Gasteiger partial charge in [0.1, 0.15) is 0 Å². The molecule has 0 fully saturated rings. The lowest BCUT2D eigenvalue weighted by Gasteiger charge is -2.26. The molecule has 0 saturated carbocycles. The largest absolute Gasteiger partial charge is 0.387 e. The van der Waals surface area contributed by atoms with E-state index in [0.29, 0.717) is 6.04 Å². The van der Waals surface area contributed by atoms with Crippen molar-refractivity contribution in [2.24, 2.45) is 0 Å². The van der Waals surface area contributed by atoms with E-state index in [2.05, 4.69) is 30.1 Å². The fraction of sp³-hybridized carbons (Fsp3) is 0.615. The Morgan fingerprint density at radius 1 is 1.41 bits per heavy atom. The lowest BCUT2D eigenvalue weighted by Crippen LogP contribution is -2.29. The Balaban J connectivity index is 2.65. The monoisotopic (exact) mass is 254 g/mol. The Labute approximate surface area is 108 Å². The van der Waals surface area contributed by atoms with Crippen LogP contribution in [-0.2, 0) is 0 Å². The number of aromatic nitrogens is 1. The molecule has 0 aliphatic heterocycles. The molecule has 0 aliphatic rings. The minimum atomic E-state index is -0.497. The van der Waals surface area contributed by atoms with Crippen molar-refractivity contribution < 1.29 is 5.11 Å². The van der Waals surface area contributed by atoms with E-state index >= 15 is 0 Å². The van der Waals surface area contributed by atoms with Crippen LogP contribution in [0.25, 0.3) is 0 Å². The molecule has 3 nitrogen and oxygen atoms in total. The van der Waals surface area contributed by atoms with Crippen molar-refractivity contribution in [2.75, 3.05) is 24.0 Å². The number of aliphatic hydroxyl groups is 1. The van der Waals surface area contributed by atoms with Crippen molar-refractivity contribution in [3.63, 3.8) is 0 Å². The van der Waals surface area contributed by atoms with E-state index < -0.39 is 6.10 Å². The number of anilines is 1. The van der Waals surface area contributed by atoms with Gasteiger partial charge in [0.05, 0.1) is 23.7 Å². The van der Waals surface area contributed by atoms with Crippen LogP contribution in [0.5, 0.6) is 0 Å². The zero-order valence-corrected chi connectivity index (χ0v) is 11.9. The third kappa shape index (κ3) is 4.21. The summed E-state index contributed by atoms with van der Waals surface area (Å²) in [4.78, 5) is 6.50. The fourth-order valence-electron chi connectivity index (χ4n) is 1.59. The summed E-state index contributed by atoms with van der Waals surface area (Å²) in [5.41, 5.74) is 1.82. The molecule has 2 atom stereocenters. The lowest BCUT2D eigenvalue weighted by molar-refractivity contribution is 0.194. The van der Waals surface area contributed by atoms with Gasteiger partial charge in [-0.15, -0.1) is 0 Å². The van der Waals surface area contributed by atoms with Crippen LogP contribution < -0.4 is 4.90 Å². The molecule has 17 heavy (non-hydrogen) atoms. The van der Waals surface area contributed by atoms with E-state index in [1.165, 1.54) is 5.75 Å². The van der Waals surface area contributed by atoms with E-state index in [1.54, 1.807) is 6.92 Å². The highest BCUT2D eigenvalue weighted by Crippen LogP contribution is 2.18. The van der Waals surface area contributed by atoms with Crippen molar-refractivity contribution >= 4 is 17.4 Å². The van der Waals surface area contributed by atoms with Gasteiger partial charge in [-0.1, -0.05) is 0 Å². The van der Waals surface area contributed by atoms with Gasteiger partial charge >= 0.3 is 0 Å². The summed E-state index contributed by atoms with van der Waals surface area (Å²) in [7, 11) is 2.09. The molecule has 96 valence electrons. The third-order valence-electron chi connectivity index (χ3n) is 3.01. The van der Waals surface area contributed by atoms with Crippen molar-refractivity contribution in [1.29, 1.82) is 0 Å². The molecule has 1 N–H and O–H groups in total. The van der Waals surface area contributed by atoms with Gasteiger partial charge in [-0.2, -0.15) is 11.8 Å². The molecule has 1 heterocycles. The molecule has 1 rings (SSSR count). The Kier molecular flexibility index (Phi) is 5.78. The van der Waals surface area contributed by atoms with Crippen LogP contribution >= 0.6 is 11.8 Å². The minimum Gasteiger partial charge on any atom is -0.387 e. The molecule has 0 saturated heterocycles. The average Bonchev–Trinajstić information content (AvgIpc) is 2.35. The average molecular weight is 254 g/mol. The number of aliphatic hydroxyl groups excluding tert-OH is 1. The molecule has 1 aromatic rings. The first-order chi connectivity index (χ1) is 8.06. The van der Waals surface area contributed by atoms with Crippen LogP contribution in [-0.4, -0.2) is 35.2 Å². The van der Waals surface area contributed by atoms with Crippen molar-refractivity contribution in [2.45, 2.75) is 32.4 Å². The summed E-state index contributed by atoms with van der Waals surface area (Å²) < 4.78 is 0. The fourth-order valence-corrected chi connectivity index (χ4v) is 2.17. The van der Waals surface area contributed by atoms with Gasteiger partial charge in [-0.25, -0.2) is 0 Å². The summed E-state index contributed by atoms with van der Waals surface area (Å²) in [6.45, 7) is 3.95. The van der Waals surface area contributed by atoms with Crippen LogP contribution in [0.1, 0.15) is 32.1 Å². The molecule has 4 heteroatoms. The van der Waals surface area contributed by atoms with Gasteiger partial charge in [-0.05, 0) is 44.4 Å². The normalized spacial score (nSPS) is 14.4. The highest BCUT2D eigenvalue weighted by atomic mass is 32.2. The van der Waals surface area contributed by atoms with Crippen molar-refractivity contribution in [1.82, 2.24) is 4.98 Å². The first-order valence-corrected chi connectivity index (χ1v) is 7.31. The van der Waals surface area contributed by atoms with Crippen LogP contribution in [0.15, 0.2) is 18.3 Å². The van der Waals surface area contributed by atoms with Gasteiger partial charge in [0.15, 0.2) is 0 Å². The summed E-state index contributed by atoms with van der Waals surface area (Å²) in [5, 5.41) is 9.40. The summed E-state index contributed by atoms with van der Waals surface area (Å²) in [6, 6.07) is 4.41. The standard InChI is InChI=1S/C13H22N2OS/c1-10(7-8-17-4)15(3)12-5-6-13(11(2)16)14-9-12/h5-6,9-11,16H,7-8H2,1-4H3/t10?,11-/m1/s1. The van der Waals surface area contributed by atoms with Gasteiger partial charge < -0.3 is 10.0 Å². The Bertz CT molecular complexity index is 327. The lowest BCUT2D eigenvalue weighted by atomic mass is 10.2. The SMILES string of the molecule is CSCCC(C)N(C)c1ccc([C@@H](C)O)nc1. The topological polar surface area (TPSA) is 36.4 Å². The smallest absolute Gasteiger partial charge is 0.0931 e. The second-order valence-electron chi connectivity index (χ2n) is 4.36. The van der Waals surface area contributed by atoms with Crippen molar-refractivity contribution in [3.05, 3.63) is 24.0 Å². The highest BCUT2D eigenvalue weighted by molar-refractivity contribution is 7.98. The molecule has 1 aromatic heterocycles. The molecular weight excluding hydrogens is 232 g/mol. The first kappa shape index (κ1) is 14.3. The van der Waals surface area contributed by atoms with Gasteiger partial charge in [-0.3, -0.25) is 4.98 Å². The maximum absolute atomic E-state index is 9.40. The molecular formula is C13H22N2OS. The van der Waals surface area contributed by atoms with E-state index in [4.69, 9.17) is 0 Å². The minimum absolute atomic E-state index is 0.497. The van der Waals surface area contributed by atoms with E-state index in [0.717, 1.165) is 17.8 Å². The molecule has 0 aromatic carbocycles. The number of hydrogen-bond donors (Lipinski definition) is 1. The third-order valence-corrected chi connectivity index (χ3v) is 3.65. The van der Waals surface area contributed by atoms with Gasteiger partial charge in [0.25, 0.3) is 0 Å². The molecule has 0 spiro atoms. The Morgan fingerprint density at radius 2 is 2.12 bits per heavy atom. The van der Waals surface area contributed by atoms with E-state index in [9.17, 15) is 5.11 Å². The summed E-state index contributed by atoms with van der Waals surface area (Å²) in [6.07, 6.45) is 4.63. The highest BCUT2D eigenvalue weighted by Gasteiger charge is 2.10. The predicted octanol–water partition coefficient (Wildman–Crippen LogP) is 2.71. The molecule has 0 amide bonds. The van der Waals surface area contributed by atoms with Crippen LogP contribution in [0, 0.1) is 0 Å². The second-order valence-corrected chi connectivity index (χ2v) is 5.34. The van der Waals surface area contributed by atoms with E-state index in [-0.39, 0.29) is 0 Å². The van der Waals surface area contributed by atoms with E-state index in [1.807, 2.05) is 30.1 Å². The quantitative estimate of drug-likeness (QED) is 0.847. The van der Waals surface area contributed by atoms with Crippen LogP contribution in [0.4, 0.5) is 5.69 Å². The molecule has 1 unspecified atom stereocenters. The van der Waals surface area contributed by atoms with Gasteiger partial charge in [0.2, 0.25) is 0 Å². The first-order valence-electron chi connectivity index (χ1n) is 5.92. The number of thioether (sulfide) groups is 1. The number of rotatable bonds is 6. The summed E-state index contributed by atoms with van der Waals surface area (Å²) >= 11 is 1.87. The predicted molar refractivity (Wildman–Crippen MR) is 75.7 cm³/mol. The zero-order valence-electron chi connectivity index (χ0n) is 11.1. The maximum Gasteiger partial charge on any atom is 0.0931 e. The Morgan fingerprint density at radius 3 is 2.59 bits per heavy atom.